The molecule has 0 saturated heterocycles. The van der Waals surface area contributed by atoms with Gasteiger partial charge in [-0.15, -0.1) is 0 Å². The van der Waals surface area contributed by atoms with Gasteiger partial charge in [-0.05, 0) is 111 Å². The van der Waals surface area contributed by atoms with Gasteiger partial charge in [0.15, 0.2) is 0 Å². The van der Waals surface area contributed by atoms with Gasteiger partial charge in [-0.3, -0.25) is 0 Å². The van der Waals surface area contributed by atoms with Crippen LogP contribution in [0.5, 0.6) is 0 Å². The molecular formula is C64H42N2O. The van der Waals surface area contributed by atoms with Gasteiger partial charge in [0.2, 0.25) is 0 Å². The molecule has 0 N–H and O–H groups in total. The fourth-order valence-corrected chi connectivity index (χ4v) is 10.2. The Morgan fingerprint density at radius 1 is 0.299 bits per heavy atom. The number of hydrogen-bond acceptors (Lipinski definition) is 2. The van der Waals surface area contributed by atoms with Crippen LogP contribution in [0.4, 0.5) is 17.1 Å². The van der Waals surface area contributed by atoms with E-state index in [1.54, 1.807) is 0 Å². The molecule has 2 heterocycles. The van der Waals surface area contributed by atoms with Gasteiger partial charge in [-0.25, -0.2) is 0 Å². The summed E-state index contributed by atoms with van der Waals surface area (Å²) in [6.45, 7) is 0. The molecule has 0 aliphatic rings. The van der Waals surface area contributed by atoms with E-state index in [0.29, 0.717) is 0 Å². The Bertz CT molecular complexity index is 3880. The quantitative estimate of drug-likeness (QED) is 0.152. The number of rotatable bonds is 8. The number of anilines is 3. The van der Waals surface area contributed by atoms with Crippen LogP contribution in [-0.4, -0.2) is 4.57 Å². The second-order valence-corrected chi connectivity index (χ2v) is 17.3. The smallest absolute Gasteiger partial charge is 0.143 e. The first kappa shape index (κ1) is 38.5. The molecule has 0 atom stereocenters. The Balaban J connectivity index is 0.896. The molecule has 0 amide bonds. The molecule has 3 heteroatoms. The maximum atomic E-state index is 6.57. The van der Waals surface area contributed by atoms with Crippen molar-refractivity contribution < 1.29 is 4.42 Å². The summed E-state index contributed by atoms with van der Waals surface area (Å²) in [6.07, 6.45) is 0. The van der Waals surface area contributed by atoms with Crippen LogP contribution in [-0.2, 0) is 0 Å². The van der Waals surface area contributed by atoms with Crippen LogP contribution in [0.15, 0.2) is 259 Å². The number of hydrogen-bond donors (Lipinski definition) is 0. The molecule has 0 aliphatic heterocycles. The lowest BCUT2D eigenvalue weighted by Gasteiger charge is -2.26. The fraction of sp³-hybridized carbons (Fsp3) is 0. The van der Waals surface area contributed by atoms with Gasteiger partial charge in [0.05, 0.1) is 16.7 Å². The number of fused-ring (bicyclic) bond motifs is 8. The summed E-state index contributed by atoms with van der Waals surface area (Å²) in [5, 5.41) is 7.08. The van der Waals surface area contributed by atoms with E-state index in [1.165, 1.54) is 55.0 Å². The minimum atomic E-state index is 0.893. The van der Waals surface area contributed by atoms with Crippen molar-refractivity contribution in [2.24, 2.45) is 0 Å². The fourth-order valence-electron chi connectivity index (χ4n) is 10.2. The Morgan fingerprint density at radius 3 is 1.39 bits per heavy atom. The molecule has 13 aromatic rings. The zero-order valence-corrected chi connectivity index (χ0v) is 36.6. The van der Waals surface area contributed by atoms with Crippen LogP contribution in [0.1, 0.15) is 0 Å². The van der Waals surface area contributed by atoms with Crippen LogP contribution < -0.4 is 4.90 Å². The normalized spacial score (nSPS) is 11.6. The van der Waals surface area contributed by atoms with Crippen molar-refractivity contribution in [3.63, 3.8) is 0 Å². The van der Waals surface area contributed by atoms with Crippen molar-refractivity contribution >= 4 is 71.6 Å². The van der Waals surface area contributed by atoms with Gasteiger partial charge in [0.1, 0.15) is 11.2 Å². The monoisotopic (exact) mass is 854 g/mol. The molecule has 0 saturated carbocycles. The minimum absolute atomic E-state index is 0.893. The molecule has 0 unspecified atom stereocenters. The van der Waals surface area contributed by atoms with Gasteiger partial charge < -0.3 is 13.9 Å². The largest absolute Gasteiger partial charge is 0.455 e. The van der Waals surface area contributed by atoms with E-state index in [-0.39, 0.29) is 0 Å². The second kappa shape index (κ2) is 16.0. The van der Waals surface area contributed by atoms with Crippen molar-refractivity contribution in [3.05, 3.63) is 255 Å². The third-order valence-corrected chi connectivity index (χ3v) is 13.4. The van der Waals surface area contributed by atoms with Gasteiger partial charge in [0, 0.05) is 49.6 Å². The average Bonchev–Trinajstić information content (AvgIpc) is 3.96. The Kier molecular flexibility index (Phi) is 9.17. The topological polar surface area (TPSA) is 21.3 Å². The first-order valence-electron chi connectivity index (χ1n) is 22.9. The predicted octanol–water partition coefficient (Wildman–Crippen LogP) is 18.0. The summed E-state index contributed by atoms with van der Waals surface area (Å²) in [4.78, 5) is 2.36. The van der Waals surface area contributed by atoms with Gasteiger partial charge in [0.25, 0.3) is 0 Å². The highest BCUT2D eigenvalue weighted by Crippen LogP contribution is 2.43. The van der Waals surface area contributed by atoms with E-state index < -0.39 is 0 Å². The molecule has 0 fully saturated rings. The summed E-state index contributed by atoms with van der Waals surface area (Å²) in [6, 6.07) is 91.8. The van der Waals surface area contributed by atoms with E-state index in [2.05, 4.69) is 264 Å². The van der Waals surface area contributed by atoms with Crippen LogP contribution in [0.3, 0.4) is 0 Å². The van der Waals surface area contributed by atoms with E-state index in [1.807, 2.05) is 0 Å². The van der Waals surface area contributed by atoms with E-state index in [9.17, 15) is 0 Å². The average molecular weight is 855 g/mol. The van der Waals surface area contributed by atoms with Crippen LogP contribution in [0.2, 0.25) is 0 Å². The van der Waals surface area contributed by atoms with E-state index in [0.717, 1.165) is 66.8 Å². The van der Waals surface area contributed by atoms with Gasteiger partial charge in [-0.1, -0.05) is 188 Å². The number of furan rings is 1. The van der Waals surface area contributed by atoms with Crippen LogP contribution in [0, 0.1) is 0 Å². The zero-order valence-electron chi connectivity index (χ0n) is 36.6. The Morgan fingerprint density at radius 2 is 0.761 bits per heavy atom. The highest BCUT2D eigenvalue weighted by molar-refractivity contribution is 6.19. The van der Waals surface area contributed by atoms with Crippen molar-refractivity contribution in [1.29, 1.82) is 0 Å². The van der Waals surface area contributed by atoms with Crippen LogP contribution in [0.25, 0.3) is 105 Å². The zero-order chi connectivity index (χ0) is 44.3. The van der Waals surface area contributed by atoms with E-state index >= 15 is 0 Å². The van der Waals surface area contributed by atoms with Crippen molar-refractivity contribution in [1.82, 2.24) is 4.57 Å². The lowest BCUT2D eigenvalue weighted by Crippen LogP contribution is -2.09. The summed E-state index contributed by atoms with van der Waals surface area (Å²) in [5.74, 6) is 0. The molecule has 2 aromatic heterocycles. The maximum absolute atomic E-state index is 6.57. The molecule has 0 radical (unpaired) electrons. The van der Waals surface area contributed by atoms with E-state index in [4.69, 9.17) is 4.42 Å². The van der Waals surface area contributed by atoms with Crippen molar-refractivity contribution in [2.45, 2.75) is 0 Å². The molecule has 0 bridgehead atoms. The third-order valence-electron chi connectivity index (χ3n) is 13.4. The number of nitrogens with zero attached hydrogens (tertiary/aromatic N) is 2. The summed E-state index contributed by atoms with van der Waals surface area (Å²) in [5.41, 5.74) is 18.0. The number of para-hydroxylation sites is 3. The van der Waals surface area contributed by atoms with Crippen molar-refractivity contribution in [3.8, 4) is 50.2 Å². The SMILES string of the molecule is c1ccc(-c2ccc(-c3ccc(N(c4ccc(-c5ccccc5-n5c6ccccc6c6ccccc65)cc4)c4ccc(-c5cccc6oc7c8ccccc8ccc7c56)cc4)cc3)cc2)cc1. The van der Waals surface area contributed by atoms with Crippen molar-refractivity contribution in [2.75, 3.05) is 4.90 Å². The second-order valence-electron chi connectivity index (χ2n) is 17.3. The van der Waals surface area contributed by atoms with Crippen LogP contribution >= 0.6 is 0 Å². The molecule has 13 rings (SSSR count). The number of benzene rings is 11. The molecule has 0 spiro atoms. The third kappa shape index (κ3) is 6.59. The molecule has 3 nitrogen and oxygen atoms in total. The number of aromatic nitrogens is 1. The summed E-state index contributed by atoms with van der Waals surface area (Å²) in [7, 11) is 0. The first-order valence-corrected chi connectivity index (χ1v) is 22.9. The summed E-state index contributed by atoms with van der Waals surface area (Å²) >= 11 is 0. The Hall–Kier alpha value is -8.92. The highest BCUT2D eigenvalue weighted by atomic mass is 16.3. The molecule has 314 valence electrons. The predicted molar refractivity (Wildman–Crippen MR) is 282 cm³/mol. The molecular weight excluding hydrogens is 813 g/mol. The molecule has 0 aliphatic carbocycles. The van der Waals surface area contributed by atoms with Gasteiger partial charge >= 0.3 is 0 Å². The maximum Gasteiger partial charge on any atom is 0.143 e. The summed E-state index contributed by atoms with van der Waals surface area (Å²) < 4.78 is 8.98. The highest BCUT2D eigenvalue weighted by Gasteiger charge is 2.19. The lowest BCUT2D eigenvalue weighted by molar-refractivity contribution is 0.673. The molecule has 11 aromatic carbocycles. The van der Waals surface area contributed by atoms with Gasteiger partial charge in [-0.2, -0.15) is 0 Å². The minimum Gasteiger partial charge on any atom is -0.455 e. The first-order chi connectivity index (χ1) is 33.2. The lowest BCUT2D eigenvalue weighted by atomic mass is 9.97. The standard InChI is InChI=1S/C64H42N2O/c1-2-13-43(14-3-1)44-25-27-45(28-26-44)46-29-36-50(37-30-46)65(52-40-33-49(34-41-52)54-20-12-24-62-63(54)58-42-35-47-15-4-5-17-55(47)64(58)67-62)51-38-31-48(32-39-51)53-16-6-9-21-59(53)66-60-22-10-7-18-56(60)57-19-8-11-23-61(57)66/h1-42H. The molecule has 67 heavy (non-hydrogen) atoms. The Labute approximate surface area is 388 Å².